The van der Waals surface area contributed by atoms with Crippen molar-refractivity contribution in [1.29, 1.82) is 0 Å². The van der Waals surface area contributed by atoms with Crippen LogP contribution in [0.1, 0.15) is 21.5 Å². The lowest BCUT2D eigenvalue weighted by atomic mass is 10.2. The highest BCUT2D eigenvalue weighted by atomic mass is 32.2. The molecule has 0 saturated heterocycles. The average Bonchev–Trinajstić information content (AvgIpc) is 2.68. The topological polar surface area (TPSA) is 75.3 Å². The van der Waals surface area contributed by atoms with Gasteiger partial charge in [0.25, 0.3) is 5.91 Å². The molecule has 0 radical (unpaired) electrons. The Hall–Kier alpha value is -3.03. The van der Waals surface area contributed by atoms with Crippen molar-refractivity contribution in [3.05, 3.63) is 95.3 Å². The third-order valence-corrected chi connectivity index (χ3v) is 5.47. The summed E-state index contributed by atoms with van der Waals surface area (Å²) in [7, 11) is -3.79. The van der Waals surface area contributed by atoms with Crippen LogP contribution in [0.25, 0.3) is 0 Å². The fourth-order valence-corrected chi connectivity index (χ4v) is 3.60. The lowest BCUT2D eigenvalue weighted by Crippen LogP contribution is -2.23. The van der Waals surface area contributed by atoms with E-state index in [9.17, 15) is 17.6 Å². The minimum absolute atomic E-state index is 0.0218. The Kier molecular flexibility index (Phi) is 5.87. The highest BCUT2D eigenvalue weighted by Gasteiger charge is 2.16. The smallest absolute Gasteiger partial charge is 0.255 e. The third-order valence-electron chi connectivity index (χ3n) is 4.08. The Labute approximate surface area is 163 Å². The van der Waals surface area contributed by atoms with Gasteiger partial charge in [-0.05, 0) is 48.9 Å². The first-order valence-corrected chi connectivity index (χ1v) is 10.0. The van der Waals surface area contributed by atoms with Crippen LogP contribution in [0.3, 0.4) is 0 Å². The molecule has 0 heterocycles. The molecule has 3 aromatic rings. The monoisotopic (exact) mass is 398 g/mol. The van der Waals surface area contributed by atoms with E-state index in [4.69, 9.17) is 0 Å². The number of amides is 1. The summed E-state index contributed by atoms with van der Waals surface area (Å²) in [5.74, 6) is -1.00. The number of hydrogen-bond donors (Lipinski definition) is 2. The number of hydrogen-bond acceptors (Lipinski definition) is 3. The molecular formula is C21H19FN2O3S. The quantitative estimate of drug-likeness (QED) is 0.662. The van der Waals surface area contributed by atoms with E-state index >= 15 is 0 Å². The summed E-state index contributed by atoms with van der Waals surface area (Å²) in [4.78, 5) is 12.3. The molecule has 7 heteroatoms. The molecule has 0 saturated carbocycles. The van der Waals surface area contributed by atoms with Crippen LogP contribution < -0.4 is 10.0 Å². The van der Waals surface area contributed by atoms with E-state index in [-0.39, 0.29) is 22.7 Å². The molecule has 0 spiro atoms. The number of carbonyl (C=O) groups excluding carboxylic acids is 1. The first-order valence-electron chi connectivity index (χ1n) is 8.56. The van der Waals surface area contributed by atoms with Crippen LogP contribution >= 0.6 is 0 Å². The lowest BCUT2D eigenvalue weighted by molar-refractivity contribution is 0.102. The molecule has 1 amide bonds. The van der Waals surface area contributed by atoms with E-state index < -0.39 is 21.7 Å². The normalized spacial score (nSPS) is 11.2. The van der Waals surface area contributed by atoms with Crippen LogP contribution in [-0.4, -0.2) is 14.3 Å². The van der Waals surface area contributed by atoms with Crippen molar-refractivity contribution in [2.75, 3.05) is 5.32 Å². The second-order valence-electron chi connectivity index (χ2n) is 6.30. The Morgan fingerprint density at radius 1 is 0.964 bits per heavy atom. The predicted octanol–water partition coefficient (Wildman–Crippen LogP) is 3.86. The Bertz CT molecular complexity index is 1100. The Morgan fingerprint density at radius 2 is 1.68 bits per heavy atom. The zero-order valence-electron chi connectivity index (χ0n) is 15.1. The maximum Gasteiger partial charge on any atom is 0.255 e. The van der Waals surface area contributed by atoms with Gasteiger partial charge in [-0.1, -0.05) is 42.0 Å². The highest BCUT2D eigenvalue weighted by Crippen LogP contribution is 2.15. The van der Waals surface area contributed by atoms with Crippen molar-refractivity contribution in [1.82, 2.24) is 4.72 Å². The lowest BCUT2D eigenvalue weighted by Gasteiger charge is -2.09. The molecule has 0 bridgehead atoms. The molecule has 0 fully saturated rings. The van der Waals surface area contributed by atoms with Gasteiger partial charge in [0.1, 0.15) is 5.82 Å². The van der Waals surface area contributed by atoms with Gasteiger partial charge in [0.05, 0.1) is 4.90 Å². The van der Waals surface area contributed by atoms with Crippen LogP contribution in [-0.2, 0) is 16.6 Å². The van der Waals surface area contributed by atoms with Gasteiger partial charge in [-0.3, -0.25) is 4.79 Å². The maximum atomic E-state index is 13.2. The summed E-state index contributed by atoms with van der Waals surface area (Å²) in [5, 5.41) is 2.55. The van der Waals surface area contributed by atoms with Crippen molar-refractivity contribution in [2.24, 2.45) is 0 Å². The van der Waals surface area contributed by atoms with Crippen molar-refractivity contribution in [3.8, 4) is 0 Å². The number of nitrogens with one attached hydrogen (secondary N) is 2. The number of sulfonamides is 1. The van der Waals surface area contributed by atoms with E-state index in [0.717, 1.165) is 11.1 Å². The second-order valence-corrected chi connectivity index (χ2v) is 8.07. The molecule has 3 aromatic carbocycles. The van der Waals surface area contributed by atoms with Crippen LogP contribution in [0.2, 0.25) is 0 Å². The summed E-state index contributed by atoms with van der Waals surface area (Å²) in [6.07, 6.45) is 0. The van der Waals surface area contributed by atoms with Gasteiger partial charge in [-0.2, -0.15) is 0 Å². The van der Waals surface area contributed by atoms with E-state index in [2.05, 4.69) is 10.0 Å². The molecule has 2 N–H and O–H groups in total. The molecule has 0 aliphatic heterocycles. The zero-order chi connectivity index (χ0) is 20.1. The van der Waals surface area contributed by atoms with Crippen LogP contribution in [0, 0.1) is 12.7 Å². The first kappa shape index (κ1) is 19.7. The van der Waals surface area contributed by atoms with Gasteiger partial charge in [0, 0.05) is 17.8 Å². The Morgan fingerprint density at radius 3 is 2.39 bits per heavy atom. The van der Waals surface area contributed by atoms with Gasteiger partial charge in [0.15, 0.2) is 0 Å². The molecule has 144 valence electrons. The van der Waals surface area contributed by atoms with Crippen LogP contribution in [0.5, 0.6) is 0 Å². The first-order chi connectivity index (χ1) is 13.3. The fraction of sp³-hybridized carbons (Fsp3) is 0.0952. The molecule has 0 atom stereocenters. The number of rotatable bonds is 6. The largest absolute Gasteiger partial charge is 0.322 e. The number of aryl methyl sites for hydroxylation is 1. The van der Waals surface area contributed by atoms with Crippen LogP contribution in [0.4, 0.5) is 10.1 Å². The molecule has 0 aliphatic rings. The van der Waals surface area contributed by atoms with Gasteiger partial charge in [-0.15, -0.1) is 0 Å². The van der Waals surface area contributed by atoms with Gasteiger partial charge >= 0.3 is 0 Å². The zero-order valence-corrected chi connectivity index (χ0v) is 16.0. The maximum absolute atomic E-state index is 13.2. The number of carbonyl (C=O) groups is 1. The number of benzene rings is 3. The highest BCUT2D eigenvalue weighted by molar-refractivity contribution is 7.89. The molecule has 0 aliphatic carbocycles. The number of anilines is 1. The number of halogens is 1. The summed E-state index contributed by atoms with van der Waals surface area (Å²) in [6.45, 7) is 2.09. The summed E-state index contributed by atoms with van der Waals surface area (Å²) in [5.41, 5.74) is 2.36. The second kappa shape index (κ2) is 8.33. The fourth-order valence-electron chi connectivity index (χ4n) is 2.54. The SMILES string of the molecule is Cc1ccc(CNS(=O)(=O)c2cccc(C(=O)Nc3cccc(F)c3)c2)cc1. The molecular weight excluding hydrogens is 379 g/mol. The van der Waals surface area contributed by atoms with Crippen molar-refractivity contribution in [3.63, 3.8) is 0 Å². The minimum Gasteiger partial charge on any atom is -0.322 e. The van der Waals surface area contributed by atoms with Gasteiger partial charge < -0.3 is 5.32 Å². The van der Waals surface area contributed by atoms with Crippen molar-refractivity contribution >= 4 is 21.6 Å². The summed E-state index contributed by atoms with van der Waals surface area (Å²) in [6, 6.07) is 18.6. The van der Waals surface area contributed by atoms with Crippen LogP contribution in [0.15, 0.2) is 77.7 Å². The molecule has 5 nitrogen and oxygen atoms in total. The standard InChI is InChI=1S/C21H19FN2O3S/c1-15-8-10-16(11-9-15)14-23-28(26,27)20-7-2-4-17(12-20)21(25)24-19-6-3-5-18(22)13-19/h2-13,23H,14H2,1H3,(H,24,25). The summed E-state index contributed by atoms with van der Waals surface area (Å²) < 4.78 is 40.9. The van der Waals surface area contributed by atoms with E-state index in [0.29, 0.717) is 0 Å². The Balaban J connectivity index is 1.73. The van der Waals surface area contributed by atoms with Gasteiger partial charge in [-0.25, -0.2) is 17.5 Å². The van der Waals surface area contributed by atoms with Crippen molar-refractivity contribution in [2.45, 2.75) is 18.4 Å². The van der Waals surface area contributed by atoms with E-state index in [1.165, 1.54) is 42.5 Å². The molecule has 0 unspecified atom stereocenters. The molecule has 0 aromatic heterocycles. The third kappa shape index (κ3) is 5.03. The predicted molar refractivity (Wildman–Crippen MR) is 106 cm³/mol. The molecule has 3 rings (SSSR count). The van der Waals surface area contributed by atoms with Gasteiger partial charge in [0.2, 0.25) is 10.0 Å². The van der Waals surface area contributed by atoms with E-state index in [1.54, 1.807) is 6.07 Å². The average molecular weight is 398 g/mol. The van der Waals surface area contributed by atoms with Crippen molar-refractivity contribution < 1.29 is 17.6 Å². The van der Waals surface area contributed by atoms with E-state index in [1.807, 2.05) is 31.2 Å². The summed E-state index contributed by atoms with van der Waals surface area (Å²) >= 11 is 0. The molecule has 28 heavy (non-hydrogen) atoms. The minimum atomic E-state index is -3.79.